The smallest absolute Gasteiger partial charge is 0.263 e. The number of carbonyl (C=O) groups is 2. The summed E-state index contributed by atoms with van der Waals surface area (Å²) >= 11 is 1.32. The number of nitrogens with one attached hydrogen (secondary N) is 2. The Hall–Kier alpha value is -2.25. The quantitative estimate of drug-likeness (QED) is 0.755. The third kappa shape index (κ3) is 4.87. The fourth-order valence-electron chi connectivity index (χ4n) is 1.91. The lowest BCUT2D eigenvalue weighted by Gasteiger charge is -2.05. The van der Waals surface area contributed by atoms with Gasteiger partial charge in [-0.2, -0.15) is 0 Å². The van der Waals surface area contributed by atoms with Crippen molar-refractivity contribution in [1.82, 2.24) is 15.6 Å². The van der Waals surface area contributed by atoms with E-state index in [-0.39, 0.29) is 18.4 Å². The number of thiazole rings is 1. The molecule has 122 valence electrons. The van der Waals surface area contributed by atoms with Gasteiger partial charge in [-0.05, 0) is 6.92 Å². The molecule has 1 aromatic carbocycles. The maximum Gasteiger partial charge on any atom is 0.263 e. The molecule has 1 heterocycles. The zero-order chi connectivity index (χ0) is 16.7. The van der Waals surface area contributed by atoms with Crippen LogP contribution < -0.4 is 10.6 Å². The van der Waals surface area contributed by atoms with Crippen molar-refractivity contribution in [2.75, 3.05) is 26.8 Å². The van der Waals surface area contributed by atoms with Crippen LogP contribution in [0.5, 0.6) is 0 Å². The molecule has 0 radical (unpaired) electrons. The first-order valence-corrected chi connectivity index (χ1v) is 8.00. The van der Waals surface area contributed by atoms with E-state index in [1.807, 2.05) is 30.3 Å². The number of hydrogen-bond donors (Lipinski definition) is 2. The topological polar surface area (TPSA) is 80.3 Å². The van der Waals surface area contributed by atoms with Crippen LogP contribution in [-0.2, 0) is 9.53 Å². The van der Waals surface area contributed by atoms with E-state index in [1.165, 1.54) is 11.3 Å². The van der Waals surface area contributed by atoms with Gasteiger partial charge < -0.3 is 15.4 Å². The molecular formula is C16H19N3O3S. The molecular weight excluding hydrogens is 314 g/mol. The molecule has 6 nitrogen and oxygen atoms in total. The monoisotopic (exact) mass is 333 g/mol. The van der Waals surface area contributed by atoms with Crippen molar-refractivity contribution in [3.05, 3.63) is 40.9 Å². The summed E-state index contributed by atoms with van der Waals surface area (Å²) in [7, 11) is 1.56. The van der Waals surface area contributed by atoms with Crippen LogP contribution in [0.2, 0.25) is 0 Å². The SMILES string of the molecule is COCCNC(=O)CNC(=O)c1sc(-c2ccccc2)nc1C. The Morgan fingerprint density at radius 3 is 2.65 bits per heavy atom. The van der Waals surface area contributed by atoms with Crippen LogP contribution in [0, 0.1) is 6.92 Å². The first-order chi connectivity index (χ1) is 11.1. The molecule has 0 fully saturated rings. The number of ether oxygens (including phenoxy) is 1. The van der Waals surface area contributed by atoms with Crippen LogP contribution in [-0.4, -0.2) is 43.6 Å². The van der Waals surface area contributed by atoms with E-state index in [0.29, 0.717) is 23.7 Å². The van der Waals surface area contributed by atoms with Gasteiger partial charge in [0.1, 0.15) is 9.88 Å². The van der Waals surface area contributed by atoms with Gasteiger partial charge in [0, 0.05) is 19.2 Å². The summed E-state index contributed by atoms with van der Waals surface area (Å²) in [5.74, 6) is -0.537. The van der Waals surface area contributed by atoms with Gasteiger partial charge in [-0.1, -0.05) is 30.3 Å². The number of rotatable bonds is 7. The van der Waals surface area contributed by atoms with Crippen molar-refractivity contribution in [2.24, 2.45) is 0 Å². The number of aryl methyl sites for hydroxylation is 1. The molecule has 7 heteroatoms. The zero-order valence-electron chi connectivity index (χ0n) is 13.1. The summed E-state index contributed by atoms with van der Waals surface area (Å²) in [5.41, 5.74) is 1.63. The number of aromatic nitrogens is 1. The summed E-state index contributed by atoms with van der Waals surface area (Å²) in [6.07, 6.45) is 0. The van der Waals surface area contributed by atoms with Crippen molar-refractivity contribution in [3.8, 4) is 10.6 Å². The Morgan fingerprint density at radius 2 is 1.96 bits per heavy atom. The second kappa shape index (κ2) is 8.40. The van der Waals surface area contributed by atoms with Gasteiger partial charge in [0.15, 0.2) is 0 Å². The lowest BCUT2D eigenvalue weighted by molar-refractivity contribution is -0.120. The standard InChI is InChI=1S/C16H19N3O3S/c1-11-14(15(21)18-10-13(20)17-8-9-22-2)23-16(19-11)12-6-4-3-5-7-12/h3-7H,8-10H2,1-2H3,(H,17,20)(H,18,21). The molecule has 0 aliphatic heterocycles. The van der Waals surface area contributed by atoms with Crippen molar-refractivity contribution in [1.29, 1.82) is 0 Å². The summed E-state index contributed by atoms with van der Waals surface area (Å²) in [5, 5.41) is 6.04. The van der Waals surface area contributed by atoms with Gasteiger partial charge in [-0.25, -0.2) is 4.98 Å². The van der Waals surface area contributed by atoms with Crippen molar-refractivity contribution < 1.29 is 14.3 Å². The number of hydrogen-bond acceptors (Lipinski definition) is 5. The molecule has 1 aromatic heterocycles. The molecule has 2 rings (SSSR count). The highest BCUT2D eigenvalue weighted by Crippen LogP contribution is 2.27. The normalized spacial score (nSPS) is 10.3. The molecule has 0 saturated heterocycles. The van der Waals surface area contributed by atoms with Crippen LogP contribution in [0.15, 0.2) is 30.3 Å². The predicted octanol–water partition coefficient (Wildman–Crippen LogP) is 1.61. The lowest BCUT2D eigenvalue weighted by atomic mass is 10.2. The molecule has 2 N–H and O–H groups in total. The maximum atomic E-state index is 12.2. The van der Waals surface area contributed by atoms with E-state index in [1.54, 1.807) is 14.0 Å². The Labute approximate surface area is 138 Å². The molecule has 23 heavy (non-hydrogen) atoms. The number of methoxy groups -OCH3 is 1. The molecule has 0 spiro atoms. The maximum absolute atomic E-state index is 12.2. The Bertz CT molecular complexity index is 670. The number of nitrogens with zero attached hydrogens (tertiary/aromatic N) is 1. The van der Waals surface area contributed by atoms with Gasteiger partial charge in [-0.3, -0.25) is 9.59 Å². The first kappa shape index (κ1) is 17.1. The van der Waals surface area contributed by atoms with E-state index >= 15 is 0 Å². The minimum atomic E-state index is -0.288. The molecule has 0 bridgehead atoms. The van der Waals surface area contributed by atoms with E-state index in [0.717, 1.165) is 10.6 Å². The third-order valence-electron chi connectivity index (χ3n) is 3.06. The average molecular weight is 333 g/mol. The van der Waals surface area contributed by atoms with E-state index in [4.69, 9.17) is 4.74 Å². The molecule has 2 aromatic rings. The van der Waals surface area contributed by atoms with Gasteiger partial charge >= 0.3 is 0 Å². The van der Waals surface area contributed by atoms with E-state index in [2.05, 4.69) is 15.6 Å². The summed E-state index contributed by atoms with van der Waals surface area (Å²) in [4.78, 5) is 28.7. The van der Waals surface area contributed by atoms with Crippen molar-refractivity contribution >= 4 is 23.2 Å². The summed E-state index contributed by atoms with van der Waals surface area (Å²) in [6.45, 7) is 2.58. The number of amides is 2. The summed E-state index contributed by atoms with van der Waals surface area (Å²) in [6, 6.07) is 9.68. The molecule has 0 unspecified atom stereocenters. The fraction of sp³-hybridized carbons (Fsp3) is 0.312. The first-order valence-electron chi connectivity index (χ1n) is 7.18. The highest BCUT2D eigenvalue weighted by molar-refractivity contribution is 7.17. The fourth-order valence-corrected chi connectivity index (χ4v) is 2.90. The van der Waals surface area contributed by atoms with Gasteiger partial charge in [0.05, 0.1) is 18.8 Å². The number of benzene rings is 1. The highest BCUT2D eigenvalue weighted by Gasteiger charge is 2.16. The predicted molar refractivity (Wildman–Crippen MR) is 89.5 cm³/mol. The van der Waals surface area contributed by atoms with E-state index < -0.39 is 0 Å². The third-order valence-corrected chi connectivity index (χ3v) is 4.27. The Morgan fingerprint density at radius 1 is 1.22 bits per heavy atom. The van der Waals surface area contributed by atoms with Crippen LogP contribution in [0.1, 0.15) is 15.4 Å². The largest absolute Gasteiger partial charge is 0.383 e. The minimum absolute atomic E-state index is 0.0689. The van der Waals surface area contributed by atoms with Gasteiger partial charge in [0.2, 0.25) is 5.91 Å². The van der Waals surface area contributed by atoms with Crippen LogP contribution >= 0.6 is 11.3 Å². The average Bonchev–Trinajstić information content (AvgIpc) is 2.96. The second-order valence-corrected chi connectivity index (χ2v) is 5.82. The minimum Gasteiger partial charge on any atom is -0.383 e. The second-order valence-electron chi connectivity index (χ2n) is 4.83. The van der Waals surface area contributed by atoms with Crippen molar-refractivity contribution in [2.45, 2.75) is 6.92 Å². The molecule has 0 aliphatic carbocycles. The van der Waals surface area contributed by atoms with Gasteiger partial charge in [-0.15, -0.1) is 11.3 Å². The Kier molecular flexibility index (Phi) is 6.25. The highest BCUT2D eigenvalue weighted by atomic mass is 32.1. The van der Waals surface area contributed by atoms with Gasteiger partial charge in [0.25, 0.3) is 5.91 Å². The number of carbonyl (C=O) groups excluding carboxylic acids is 2. The zero-order valence-corrected chi connectivity index (χ0v) is 13.9. The Balaban J connectivity index is 1.95. The summed E-state index contributed by atoms with van der Waals surface area (Å²) < 4.78 is 4.84. The molecule has 2 amide bonds. The molecule has 0 aliphatic rings. The van der Waals surface area contributed by atoms with Crippen molar-refractivity contribution in [3.63, 3.8) is 0 Å². The lowest BCUT2D eigenvalue weighted by Crippen LogP contribution is -2.38. The van der Waals surface area contributed by atoms with Crippen LogP contribution in [0.4, 0.5) is 0 Å². The van der Waals surface area contributed by atoms with E-state index in [9.17, 15) is 9.59 Å². The molecule has 0 saturated carbocycles. The van der Waals surface area contributed by atoms with Crippen LogP contribution in [0.25, 0.3) is 10.6 Å². The molecule has 0 atom stereocenters. The van der Waals surface area contributed by atoms with Crippen LogP contribution in [0.3, 0.4) is 0 Å².